The second-order valence-corrected chi connectivity index (χ2v) is 17.8. The first-order valence-electron chi connectivity index (χ1n) is 20.0. The Morgan fingerprint density at radius 1 is 0.632 bits per heavy atom. The van der Waals surface area contributed by atoms with Gasteiger partial charge < -0.3 is 36.5 Å². The molecule has 4 amide bonds. The number of hydrogen-bond donors (Lipinski definition) is 5. The zero-order chi connectivity index (χ0) is 42.4. The van der Waals surface area contributed by atoms with E-state index in [-0.39, 0.29) is 36.6 Å². The number of hydrogen-bond acceptors (Lipinski definition) is 8. The molecule has 57 heavy (non-hydrogen) atoms. The lowest BCUT2D eigenvalue weighted by Crippen LogP contribution is -2.53. The van der Waals surface area contributed by atoms with Gasteiger partial charge in [0.15, 0.2) is 0 Å². The molecule has 312 valence electrons. The number of urea groups is 1. The van der Waals surface area contributed by atoms with Crippen LogP contribution in [0.1, 0.15) is 106 Å². The standard InChI is InChI=1S/C45H65N5O7/c1-43(2,3)37(50-42(55)49-35(41(54)57-45(7,8)9)24-25-38(51)56-44(4,5)6)21-15-16-26-47-40(53)36(29-31-22-23-32-19-13-14-20-33(32)27-31)48-39(52)34(46)28-30-17-11-10-12-18-30/h10-14,17-20,22-23,27,34-37H,15-16,21,24-26,28-29,46H2,1-9H3,(H,47,53)(H,48,52)(H2,49,50,55)/t34-,35-,36-,37-/m0/s1. The van der Waals surface area contributed by atoms with Gasteiger partial charge in [0.2, 0.25) is 11.8 Å². The predicted molar refractivity (Wildman–Crippen MR) is 224 cm³/mol. The van der Waals surface area contributed by atoms with E-state index in [2.05, 4.69) is 21.3 Å². The minimum absolute atomic E-state index is 0.0123. The lowest BCUT2D eigenvalue weighted by molar-refractivity contribution is -0.158. The van der Waals surface area contributed by atoms with Gasteiger partial charge in [-0.3, -0.25) is 14.4 Å². The molecular formula is C45H65N5O7. The van der Waals surface area contributed by atoms with Gasteiger partial charge in [0.25, 0.3) is 0 Å². The van der Waals surface area contributed by atoms with Gasteiger partial charge in [-0.2, -0.15) is 0 Å². The highest BCUT2D eigenvalue weighted by atomic mass is 16.6. The zero-order valence-electron chi connectivity index (χ0n) is 35.3. The quantitative estimate of drug-likeness (QED) is 0.0740. The number of carbonyl (C=O) groups is 5. The minimum atomic E-state index is -1.07. The van der Waals surface area contributed by atoms with Gasteiger partial charge in [-0.05, 0) is 101 Å². The number of nitrogens with one attached hydrogen (secondary N) is 4. The summed E-state index contributed by atoms with van der Waals surface area (Å²) >= 11 is 0. The van der Waals surface area contributed by atoms with Crippen LogP contribution < -0.4 is 27.0 Å². The topological polar surface area (TPSA) is 178 Å². The smallest absolute Gasteiger partial charge is 0.329 e. The lowest BCUT2D eigenvalue weighted by atomic mass is 9.84. The summed E-state index contributed by atoms with van der Waals surface area (Å²) in [5, 5.41) is 13.8. The van der Waals surface area contributed by atoms with Crippen molar-refractivity contribution in [1.82, 2.24) is 21.3 Å². The van der Waals surface area contributed by atoms with Crippen LogP contribution >= 0.6 is 0 Å². The minimum Gasteiger partial charge on any atom is -0.460 e. The molecule has 0 saturated carbocycles. The average Bonchev–Trinajstić information content (AvgIpc) is 3.10. The second-order valence-electron chi connectivity index (χ2n) is 17.8. The van der Waals surface area contributed by atoms with Crippen molar-refractivity contribution in [2.75, 3.05) is 6.54 Å². The lowest BCUT2D eigenvalue weighted by Gasteiger charge is -2.32. The molecule has 3 aromatic rings. The molecule has 3 aromatic carbocycles. The van der Waals surface area contributed by atoms with E-state index in [1.165, 1.54) is 0 Å². The first-order valence-corrected chi connectivity index (χ1v) is 20.0. The van der Waals surface area contributed by atoms with Crippen LogP contribution in [-0.2, 0) is 41.5 Å². The van der Waals surface area contributed by atoms with Crippen molar-refractivity contribution in [3.8, 4) is 0 Å². The fourth-order valence-electron chi connectivity index (χ4n) is 6.21. The number of nitrogens with two attached hydrogens (primary N) is 1. The van der Waals surface area contributed by atoms with Crippen LogP contribution in [0.5, 0.6) is 0 Å². The normalized spacial score (nSPS) is 14.1. The van der Waals surface area contributed by atoms with E-state index in [9.17, 15) is 24.0 Å². The van der Waals surface area contributed by atoms with E-state index >= 15 is 0 Å². The molecule has 6 N–H and O–H groups in total. The summed E-state index contributed by atoms with van der Waals surface area (Å²) in [7, 11) is 0. The van der Waals surface area contributed by atoms with Crippen molar-refractivity contribution in [3.63, 3.8) is 0 Å². The Bertz CT molecular complexity index is 1790. The maximum absolute atomic E-state index is 13.6. The number of esters is 2. The van der Waals surface area contributed by atoms with Gasteiger partial charge in [0.1, 0.15) is 23.3 Å². The fraction of sp³-hybridized carbons (Fsp3) is 0.533. The van der Waals surface area contributed by atoms with Crippen LogP contribution in [-0.4, -0.2) is 71.7 Å². The number of fused-ring (bicyclic) bond motifs is 1. The van der Waals surface area contributed by atoms with Crippen molar-refractivity contribution in [1.29, 1.82) is 0 Å². The van der Waals surface area contributed by atoms with Crippen LogP contribution in [0.3, 0.4) is 0 Å². The molecule has 0 radical (unpaired) electrons. The van der Waals surface area contributed by atoms with Gasteiger partial charge in [0, 0.05) is 25.4 Å². The molecule has 0 bridgehead atoms. The van der Waals surface area contributed by atoms with Crippen molar-refractivity contribution in [3.05, 3.63) is 83.9 Å². The summed E-state index contributed by atoms with van der Waals surface area (Å²) < 4.78 is 10.9. The van der Waals surface area contributed by atoms with Crippen LogP contribution in [0, 0.1) is 5.41 Å². The molecule has 4 atom stereocenters. The van der Waals surface area contributed by atoms with Gasteiger partial charge in [0.05, 0.1) is 6.04 Å². The molecular weight excluding hydrogens is 723 g/mol. The maximum Gasteiger partial charge on any atom is 0.329 e. The highest BCUT2D eigenvalue weighted by Gasteiger charge is 2.31. The van der Waals surface area contributed by atoms with E-state index < -0.39 is 53.2 Å². The van der Waals surface area contributed by atoms with Crippen molar-refractivity contribution in [2.24, 2.45) is 11.1 Å². The summed E-state index contributed by atoms with van der Waals surface area (Å²) in [6.07, 6.45) is 2.43. The molecule has 0 aliphatic carbocycles. The number of benzene rings is 3. The predicted octanol–water partition coefficient (Wildman–Crippen LogP) is 6.27. The Morgan fingerprint density at radius 2 is 1.26 bits per heavy atom. The van der Waals surface area contributed by atoms with E-state index in [0.717, 1.165) is 21.9 Å². The molecule has 0 saturated heterocycles. The van der Waals surface area contributed by atoms with Crippen LogP contribution in [0.15, 0.2) is 72.8 Å². The third-order valence-corrected chi connectivity index (χ3v) is 9.15. The molecule has 3 rings (SSSR count). The number of unbranched alkanes of at least 4 members (excludes halogenated alkanes) is 1. The first-order chi connectivity index (χ1) is 26.6. The third-order valence-electron chi connectivity index (χ3n) is 9.15. The fourth-order valence-corrected chi connectivity index (χ4v) is 6.21. The third kappa shape index (κ3) is 17.4. The SMILES string of the molecule is CC(C)(C)OC(=O)CC[C@H](NC(=O)N[C@@H](CCCCNC(=O)[C@H](Cc1ccc2ccccc2c1)NC(=O)[C@@H](N)Cc1ccccc1)C(C)(C)C)C(=O)OC(C)(C)C. The maximum atomic E-state index is 13.6. The van der Waals surface area contributed by atoms with Gasteiger partial charge in [-0.25, -0.2) is 9.59 Å². The number of ether oxygens (including phenoxy) is 2. The van der Waals surface area contributed by atoms with E-state index in [4.69, 9.17) is 15.2 Å². The summed E-state index contributed by atoms with van der Waals surface area (Å²) in [5.74, 6) is -1.84. The van der Waals surface area contributed by atoms with Crippen molar-refractivity contribution < 1.29 is 33.4 Å². The molecule has 0 spiro atoms. The number of rotatable bonds is 18. The Labute approximate surface area is 338 Å². The highest BCUT2D eigenvalue weighted by Crippen LogP contribution is 2.24. The number of amides is 4. The van der Waals surface area contributed by atoms with Gasteiger partial charge >= 0.3 is 18.0 Å². The largest absolute Gasteiger partial charge is 0.460 e. The molecule has 0 unspecified atom stereocenters. The van der Waals surface area contributed by atoms with Crippen LogP contribution in [0.4, 0.5) is 4.79 Å². The summed E-state index contributed by atoms with van der Waals surface area (Å²) in [6.45, 7) is 16.9. The average molecular weight is 788 g/mol. The highest BCUT2D eigenvalue weighted by molar-refractivity contribution is 5.90. The summed E-state index contributed by atoms with van der Waals surface area (Å²) in [5.41, 5.74) is 6.31. The van der Waals surface area contributed by atoms with Crippen LogP contribution in [0.25, 0.3) is 10.8 Å². The first kappa shape index (κ1) is 46.4. The second kappa shape index (κ2) is 21.0. The molecule has 0 aliphatic rings. The van der Waals surface area contributed by atoms with Crippen LogP contribution in [0.2, 0.25) is 0 Å². The Hall–Kier alpha value is -4.97. The molecule has 12 nitrogen and oxygen atoms in total. The van der Waals surface area contributed by atoms with Gasteiger partial charge in [-0.15, -0.1) is 0 Å². The monoisotopic (exact) mass is 787 g/mol. The zero-order valence-corrected chi connectivity index (χ0v) is 35.3. The number of carbonyl (C=O) groups excluding carboxylic acids is 5. The van der Waals surface area contributed by atoms with E-state index in [0.29, 0.717) is 32.2 Å². The summed E-state index contributed by atoms with van der Waals surface area (Å²) in [6, 6.07) is 19.9. The Morgan fingerprint density at radius 3 is 1.89 bits per heavy atom. The van der Waals surface area contributed by atoms with Gasteiger partial charge in [-0.1, -0.05) is 93.6 Å². The van der Waals surface area contributed by atoms with E-state index in [1.54, 1.807) is 41.5 Å². The van der Waals surface area contributed by atoms with Crippen molar-refractivity contribution >= 4 is 40.6 Å². The Balaban J connectivity index is 1.61. The summed E-state index contributed by atoms with van der Waals surface area (Å²) in [4.78, 5) is 65.7. The van der Waals surface area contributed by atoms with Crippen molar-refractivity contribution in [2.45, 2.75) is 143 Å². The molecule has 12 heteroatoms. The molecule has 0 aromatic heterocycles. The van der Waals surface area contributed by atoms with E-state index in [1.807, 2.05) is 93.6 Å². The molecule has 0 fully saturated rings. The Kier molecular flexibility index (Phi) is 17.1. The molecule has 0 heterocycles. The molecule has 0 aliphatic heterocycles.